The second-order valence-corrected chi connectivity index (χ2v) is 9.21. The Morgan fingerprint density at radius 3 is 2.24 bits per heavy atom. The number of thiocarbonyl (C=S) groups is 1. The van der Waals surface area contributed by atoms with Gasteiger partial charge in [-0.3, -0.25) is 4.79 Å². The summed E-state index contributed by atoms with van der Waals surface area (Å²) in [6, 6.07) is 25.1. The second-order valence-electron chi connectivity index (χ2n) is 7.08. The van der Waals surface area contributed by atoms with Crippen LogP contribution in [0.5, 0.6) is 5.75 Å². The molecule has 4 rings (SSSR count). The van der Waals surface area contributed by atoms with E-state index < -0.39 is 5.92 Å². The van der Waals surface area contributed by atoms with Gasteiger partial charge in [0.05, 0.1) is 23.2 Å². The number of rotatable bonds is 6. The molecule has 2 N–H and O–H groups in total. The highest BCUT2D eigenvalue weighted by Crippen LogP contribution is 2.32. The molecule has 1 aromatic heterocycles. The summed E-state index contributed by atoms with van der Waals surface area (Å²) in [4.78, 5) is 17.8. The van der Waals surface area contributed by atoms with E-state index in [1.807, 2.05) is 84.2 Å². The van der Waals surface area contributed by atoms with Gasteiger partial charge in [-0.15, -0.1) is 11.3 Å². The predicted octanol–water partition coefficient (Wildman–Crippen LogP) is 6.23. The van der Waals surface area contributed by atoms with E-state index in [0.717, 1.165) is 32.6 Å². The van der Waals surface area contributed by atoms with Crippen molar-refractivity contribution in [2.75, 3.05) is 12.4 Å². The molecule has 0 radical (unpaired) electrons. The summed E-state index contributed by atoms with van der Waals surface area (Å²) in [5.41, 5.74) is 3.53. The molecule has 0 saturated heterocycles. The molecule has 0 saturated carbocycles. The molecule has 0 fully saturated rings. The summed E-state index contributed by atoms with van der Waals surface area (Å²) in [6.07, 6.45) is 0. The minimum atomic E-state index is -0.476. The molecule has 0 aliphatic rings. The number of hydrogen-bond acceptors (Lipinski definition) is 5. The van der Waals surface area contributed by atoms with Crippen molar-refractivity contribution in [3.8, 4) is 17.0 Å². The zero-order chi connectivity index (χ0) is 23.2. The predicted molar refractivity (Wildman–Crippen MR) is 141 cm³/mol. The van der Waals surface area contributed by atoms with E-state index in [2.05, 4.69) is 31.5 Å². The van der Waals surface area contributed by atoms with Crippen LogP contribution in [0.3, 0.4) is 0 Å². The summed E-state index contributed by atoms with van der Waals surface area (Å²) < 4.78 is 6.13. The molecule has 0 spiro atoms. The molecule has 4 aromatic rings. The topological polar surface area (TPSA) is 63.2 Å². The first-order chi connectivity index (χ1) is 16.0. The first kappa shape index (κ1) is 23.1. The normalized spacial score (nSPS) is 10.6. The van der Waals surface area contributed by atoms with Gasteiger partial charge in [0.25, 0.3) is 0 Å². The van der Waals surface area contributed by atoms with Gasteiger partial charge in [0, 0.05) is 10.9 Å². The maximum atomic E-state index is 13.2. The van der Waals surface area contributed by atoms with Crippen LogP contribution in [0.1, 0.15) is 17.0 Å². The van der Waals surface area contributed by atoms with Gasteiger partial charge in [-0.05, 0) is 57.5 Å². The number of carbonyl (C=O) groups is 1. The Balaban J connectivity index is 1.47. The largest absolute Gasteiger partial charge is 0.496 e. The Morgan fingerprint density at radius 1 is 1.03 bits per heavy atom. The number of methoxy groups -OCH3 is 1. The van der Waals surface area contributed by atoms with Gasteiger partial charge < -0.3 is 15.4 Å². The molecule has 3 aromatic carbocycles. The van der Waals surface area contributed by atoms with E-state index in [0.29, 0.717) is 5.13 Å². The molecule has 166 valence electrons. The van der Waals surface area contributed by atoms with Gasteiger partial charge in [-0.1, -0.05) is 60.7 Å². The minimum absolute atomic E-state index is 0.202. The van der Waals surface area contributed by atoms with E-state index in [1.54, 1.807) is 7.11 Å². The molecule has 1 heterocycles. The Labute approximate surface area is 210 Å². The smallest absolute Gasteiger partial charge is 0.238 e. The van der Waals surface area contributed by atoms with Crippen LogP contribution >= 0.6 is 39.5 Å². The molecular formula is C25H20BrN3O2S2. The lowest BCUT2D eigenvalue weighted by Crippen LogP contribution is -2.37. The van der Waals surface area contributed by atoms with Crippen molar-refractivity contribution < 1.29 is 9.53 Å². The summed E-state index contributed by atoms with van der Waals surface area (Å²) >= 11 is 10.3. The van der Waals surface area contributed by atoms with Crippen molar-refractivity contribution in [1.82, 2.24) is 10.3 Å². The monoisotopic (exact) mass is 537 g/mol. The minimum Gasteiger partial charge on any atom is -0.496 e. The summed E-state index contributed by atoms with van der Waals surface area (Å²) in [5, 5.41) is 8.58. The number of nitrogens with one attached hydrogen (secondary N) is 2. The number of nitrogens with zero attached hydrogens (tertiary/aromatic N) is 1. The lowest BCUT2D eigenvalue weighted by atomic mass is 9.90. The van der Waals surface area contributed by atoms with Crippen molar-refractivity contribution in [2.24, 2.45) is 0 Å². The van der Waals surface area contributed by atoms with Gasteiger partial charge in [0.2, 0.25) is 5.91 Å². The fraction of sp³-hybridized carbons (Fsp3) is 0.0800. The molecule has 1 amide bonds. The highest BCUT2D eigenvalue weighted by atomic mass is 79.9. The summed E-state index contributed by atoms with van der Waals surface area (Å²) in [5.74, 6) is 0.0685. The molecule has 5 nitrogen and oxygen atoms in total. The van der Waals surface area contributed by atoms with Crippen LogP contribution in [0.15, 0.2) is 88.7 Å². The van der Waals surface area contributed by atoms with Gasteiger partial charge in [0.15, 0.2) is 10.2 Å². The third kappa shape index (κ3) is 5.65. The Bertz CT molecular complexity index is 1220. The van der Waals surface area contributed by atoms with Crippen LogP contribution in [0.25, 0.3) is 11.3 Å². The van der Waals surface area contributed by atoms with Crippen molar-refractivity contribution >= 4 is 55.6 Å². The van der Waals surface area contributed by atoms with Crippen LogP contribution in [-0.2, 0) is 4.79 Å². The van der Waals surface area contributed by atoms with Crippen molar-refractivity contribution in [2.45, 2.75) is 5.92 Å². The first-order valence-electron chi connectivity index (χ1n) is 10.1. The van der Waals surface area contributed by atoms with Crippen LogP contribution in [0.2, 0.25) is 0 Å². The fourth-order valence-electron chi connectivity index (χ4n) is 3.39. The van der Waals surface area contributed by atoms with Crippen LogP contribution < -0.4 is 15.4 Å². The second kappa shape index (κ2) is 10.7. The summed E-state index contributed by atoms with van der Waals surface area (Å²) in [7, 11) is 1.63. The lowest BCUT2D eigenvalue weighted by molar-refractivity contribution is -0.120. The average molecular weight is 538 g/mol. The highest BCUT2D eigenvalue weighted by Gasteiger charge is 2.23. The van der Waals surface area contributed by atoms with E-state index in [4.69, 9.17) is 17.0 Å². The first-order valence-corrected chi connectivity index (χ1v) is 12.1. The van der Waals surface area contributed by atoms with Gasteiger partial charge in [-0.25, -0.2) is 4.98 Å². The molecule has 0 aliphatic heterocycles. The van der Waals surface area contributed by atoms with E-state index in [-0.39, 0.29) is 11.0 Å². The Kier molecular flexibility index (Phi) is 7.49. The Morgan fingerprint density at radius 2 is 1.67 bits per heavy atom. The van der Waals surface area contributed by atoms with E-state index in [1.165, 1.54) is 11.3 Å². The molecule has 33 heavy (non-hydrogen) atoms. The number of aromatic nitrogens is 1. The number of benzene rings is 3. The van der Waals surface area contributed by atoms with Crippen LogP contribution in [-0.4, -0.2) is 23.1 Å². The third-order valence-corrected chi connectivity index (χ3v) is 6.52. The number of carbonyl (C=O) groups excluding carboxylic acids is 1. The van der Waals surface area contributed by atoms with Gasteiger partial charge >= 0.3 is 0 Å². The van der Waals surface area contributed by atoms with E-state index in [9.17, 15) is 4.79 Å². The quantitative estimate of drug-likeness (QED) is 0.285. The van der Waals surface area contributed by atoms with E-state index >= 15 is 0 Å². The van der Waals surface area contributed by atoms with Crippen LogP contribution in [0, 0.1) is 0 Å². The molecule has 0 aliphatic carbocycles. The fourth-order valence-corrected chi connectivity index (χ4v) is 4.91. The van der Waals surface area contributed by atoms with Gasteiger partial charge in [-0.2, -0.15) is 0 Å². The number of thiazole rings is 1. The maximum absolute atomic E-state index is 13.2. The summed E-state index contributed by atoms with van der Waals surface area (Å²) in [6.45, 7) is 0. The molecule has 0 atom stereocenters. The standard InChI is InChI=1S/C25H20BrN3O2S2/c1-31-21-13-12-18(14-19(21)26)20-15-33-25(27-20)29-24(32)28-23(30)22(16-8-4-2-5-9-16)17-10-6-3-7-11-17/h2-15,22H,1H3,(H2,27,28,29,30,32). The van der Waals surface area contributed by atoms with Crippen molar-refractivity contribution in [3.63, 3.8) is 0 Å². The number of halogens is 1. The lowest BCUT2D eigenvalue weighted by Gasteiger charge is -2.18. The van der Waals surface area contributed by atoms with Gasteiger partial charge in [0.1, 0.15) is 5.75 Å². The van der Waals surface area contributed by atoms with Crippen LogP contribution in [0.4, 0.5) is 5.13 Å². The highest BCUT2D eigenvalue weighted by molar-refractivity contribution is 9.10. The number of hydrogen-bond donors (Lipinski definition) is 2. The Hall–Kier alpha value is -3.07. The maximum Gasteiger partial charge on any atom is 0.238 e. The zero-order valence-electron chi connectivity index (χ0n) is 17.6. The number of amides is 1. The zero-order valence-corrected chi connectivity index (χ0v) is 20.8. The molecule has 0 unspecified atom stereocenters. The number of ether oxygens (including phenoxy) is 1. The SMILES string of the molecule is COc1ccc(-c2csc(NC(=S)NC(=O)C(c3ccccc3)c3ccccc3)n2)cc1Br. The van der Waals surface area contributed by atoms with Crippen molar-refractivity contribution in [1.29, 1.82) is 0 Å². The average Bonchev–Trinajstić information content (AvgIpc) is 3.29. The molecular weight excluding hydrogens is 518 g/mol. The molecule has 8 heteroatoms. The third-order valence-electron chi connectivity index (χ3n) is 4.94. The number of anilines is 1. The van der Waals surface area contributed by atoms with Crippen molar-refractivity contribution in [3.05, 3.63) is 99.8 Å². The molecule has 0 bridgehead atoms.